The van der Waals surface area contributed by atoms with Crippen molar-refractivity contribution in [2.75, 3.05) is 5.32 Å². The topological polar surface area (TPSA) is 80.0 Å². The van der Waals surface area contributed by atoms with E-state index in [2.05, 4.69) is 20.6 Å². The molecule has 2 aromatic heterocycles. The summed E-state index contributed by atoms with van der Waals surface area (Å²) in [5.41, 5.74) is 2.62. The second-order valence-corrected chi connectivity index (χ2v) is 7.21. The molecule has 0 saturated heterocycles. The van der Waals surface area contributed by atoms with Gasteiger partial charge in [0, 0.05) is 22.5 Å². The summed E-state index contributed by atoms with van der Waals surface area (Å²) in [5.74, 6) is -0.0366. The number of pyridine rings is 1. The third kappa shape index (κ3) is 4.37. The van der Waals surface area contributed by atoms with Gasteiger partial charge in [0.15, 0.2) is 16.3 Å². The number of aromatic nitrogens is 2. The van der Waals surface area contributed by atoms with Crippen LogP contribution in [0.1, 0.15) is 10.4 Å². The van der Waals surface area contributed by atoms with Crippen molar-refractivity contribution < 1.29 is 9.21 Å². The molecule has 0 spiro atoms. The number of carbonyl (C=O) groups excluding carboxylic acids is 1. The largest absolute Gasteiger partial charge is 0.434 e. The summed E-state index contributed by atoms with van der Waals surface area (Å²) in [6.07, 6.45) is 1.63. The lowest BCUT2D eigenvalue weighted by molar-refractivity contribution is 0.0977. The standard InChI is InChI=1S/C20H12Cl2N4O2S/c21-12-4-1-3-11(9-12)18(27)26-20(29)24-13-6-7-15(22)14(10-13)19-25-17-16(28-19)5-2-8-23-17/h1-10H,(H2,24,26,27,29). The summed E-state index contributed by atoms with van der Waals surface area (Å²) in [6.45, 7) is 0. The lowest BCUT2D eigenvalue weighted by Crippen LogP contribution is -2.34. The Morgan fingerprint density at radius 2 is 1.93 bits per heavy atom. The summed E-state index contributed by atoms with van der Waals surface area (Å²) in [7, 11) is 0. The fraction of sp³-hybridized carbons (Fsp3) is 0. The Bertz CT molecular complexity index is 1210. The number of carbonyl (C=O) groups is 1. The van der Waals surface area contributed by atoms with Crippen LogP contribution in [0.4, 0.5) is 5.69 Å². The molecule has 0 bridgehead atoms. The fourth-order valence-electron chi connectivity index (χ4n) is 2.62. The van der Waals surface area contributed by atoms with Gasteiger partial charge < -0.3 is 9.73 Å². The number of halogens is 2. The first-order chi connectivity index (χ1) is 14.0. The second-order valence-electron chi connectivity index (χ2n) is 5.96. The van der Waals surface area contributed by atoms with Crippen molar-refractivity contribution >= 4 is 63.4 Å². The molecule has 29 heavy (non-hydrogen) atoms. The average molecular weight is 443 g/mol. The smallest absolute Gasteiger partial charge is 0.257 e. The molecule has 6 nitrogen and oxygen atoms in total. The molecular formula is C20H12Cl2N4O2S. The van der Waals surface area contributed by atoms with Gasteiger partial charge in [-0.3, -0.25) is 10.1 Å². The predicted octanol–water partition coefficient (Wildman–Crippen LogP) is 5.32. The van der Waals surface area contributed by atoms with Crippen molar-refractivity contribution in [1.82, 2.24) is 15.3 Å². The highest BCUT2D eigenvalue weighted by Crippen LogP contribution is 2.31. The normalized spacial score (nSPS) is 10.7. The Morgan fingerprint density at radius 3 is 2.72 bits per heavy atom. The quantitative estimate of drug-likeness (QED) is 0.417. The Balaban J connectivity index is 1.53. The number of fused-ring (bicyclic) bond motifs is 1. The van der Waals surface area contributed by atoms with Crippen molar-refractivity contribution in [3.63, 3.8) is 0 Å². The van der Waals surface area contributed by atoms with Crippen molar-refractivity contribution in [3.05, 3.63) is 76.4 Å². The Morgan fingerprint density at radius 1 is 1.07 bits per heavy atom. The van der Waals surface area contributed by atoms with Crippen molar-refractivity contribution in [3.8, 4) is 11.5 Å². The molecule has 0 fully saturated rings. The minimum Gasteiger partial charge on any atom is -0.434 e. The van der Waals surface area contributed by atoms with Crippen molar-refractivity contribution in [2.24, 2.45) is 0 Å². The number of rotatable bonds is 3. The molecule has 0 aliphatic heterocycles. The van der Waals surface area contributed by atoms with Crippen LogP contribution in [0.3, 0.4) is 0 Å². The molecule has 2 N–H and O–H groups in total. The van der Waals surface area contributed by atoms with Gasteiger partial charge in [-0.25, -0.2) is 4.98 Å². The first kappa shape index (κ1) is 19.3. The average Bonchev–Trinajstić information content (AvgIpc) is 3.13. The molecule has 2 heterocycles. The molecule has 0 atom stereocenters. The maximum Gasteiger partial charge on any atom is 0.257 e. The monoisotopic (exact) mass is 442 g/mol. The van der Waals surface area contributed by atoms with E-state index in [1.54, 1.807) is 60.8 Å². The van der Waals surface area contributed by atoms with Crippen LogP contribution < -0.4 is 10.6 Å². The SMILES string of the molecule is O=C(NC(=S)Nc1ccc(Cl)c(-c2nc3ncccc3o2)c1)c1cccc(Cl)c1. The Hall–Kier alpha value is -3.00. The van der Waals surface area contributed by atoms with E-state index in [1.807, 2.05) is 0 Å². The zero-order chi connectivity index (χ0) is 20.4. The molecule has 9 heteroatoms. The van der Waals surface area contributed by atoms with Gasteiger partial charge in [-0.1, -0.05) is 29.3 Å². The molecule has 2 aromatic carbocycles. The number of oxazole rings is 1. The molecule has 1 amide bonds. The number of nitrogens with one attached hydrogen (secondary N) is 2. The van der Waals surface area contributed by atoms with Crippen LogP contribution in [-0.4, -0.2) is 21.0 Å². The van der Waals surface area contributed by atoms with Gasteiger partial charge >= 0.3 is 0 Å². The van der Waals surface area contributed by atoms with Gasteiger partial charge in [0.05, 0.1) is 10.6 Å². The number of amides is 1. The van der Waals surface area contributed by atoms with Gasteiger partial charge in [0.2, 0.25) is 5.89 Å². The number of hydrogen-bond acceptors (Lipinski definition) is 5. The number of benzene rings is 2. The number of nitrogens with zero attached hydrogens (tertiary/aromatic N) is 2. The Labute approximate surface area is 180 Å². The lowest BCUT2D eigenvalue weighted by Gasteiger charge is -2.11. The first-order valence-corrected chi connectivity index (χ1v) is 9.55. The van der Waals surface area contributed by atoms with E-state index < -0.39 is 0 Å². The van der Waals surface area contributed by atoms with Gasteiger partial charge in [0.1, 0.15) is 0 Å². The highest BCUT2D eigenvalue weighted by molar-refractivity contribution is 7.80. The minimum absolute atomic E-state index is 0.127. The number of hydrogen-bond donors (Lipinski definition) is 2. The first-order valence-electron chi connectivity index (χ1n) is 8.39. The molecule has 4 aromatic rings. The van der Waals surface area contributed by atoms with Gasteiger partial charge in [-0.05, 0) is 60.7 Å². The van der Waals surface area contributed by atoms with Gasteiger partial charge in [-0.15, -0.1) is 0 Å². The third-order valence-corrected chi connectivity index (χ3v) is 4.70. The predicted molar refractivity (Wildman–Crippen MR) is 117 cm³/mol. The Kier molecular flexibility index (Phi) is 5.44. The van der Waals surface area contributed by atoms with Gasteiger partial charge in [-0.2, -0.15) is 4.98 Å². The number of anilines is 1. The van der Waals surface area contributed by atoms with Crippen molar-refractivity contribution in [1.29, 1.82) is 0 Å². The van der Waals surface area contributed by atoms with E-state index in [9.17, 15) is 4.79 Å². The summed E-state index contributed by atoms with van der Waals surface area (Å²) in [6, 6.07) is 15.2. The van der Waals surface area contributed by atoms with Crippen LogP contribution in [0, 0.1) is 0 Å². The maximum atomic E-state index is 12.3. The molecular weight excluding hydrogens is 431 g/mol. The second kappa shape index (κ2) is 8.16. The highest BCUT2D eigenvalue weighted by Gasteiger charge is 2.14. The van der Waals surface area contributed by atoms with E-state index in [0.29, 0.717) is 44.0 Å². The van der Waals surface area contributed by atoms with Crippen LogP contribution in [0.5, 0.6) is 0 Å². The van der Waals surface area contributed by atoms with Crippen molar-refractivity contribution in [2.45, 2.75) is 0 Å². The molecule has 0 saturated carbocycles. The third-order valence-electron chi connectivity index (χ3n) is 3.93. The van der Waals surface area contributed by atoms with Crippen LogP contribution >= 0.6 is 35.4 Å². The summed E-state index contributed by atoms with van der Waals surface area (Å²) >= 11 is 17.5. The summed E-state index contributed by atoms with van der Waals surface area (Å²) in [4.78, 5) is 20.8. The van der Waals surface area contributed by atoms with Gasteiger partial charge in [0.25, 0.3) is 5.91 Å². The van der Waals surface area contributed by atoms with E-state index in [-0.39, 0.29) is 11.0 Å². The van der Waals surface area contributed by atoms with Crippen LogP contribution in [0.25, 0.3) is 22.7 Å². The maximum absolute atomic E-state index is 12.3. The molecule has 144 valence electrons. The fourth-order valence-corrected chi connectivity index (χ4v) is 3.22. The summed E-state index contributed by atoms with van der Waals surface area (Å²) < 4.78 is 5.73. The van der Waals surface area contributed by atoms with Crippen LogP contribution in [-0.2, 0) is 0 Å². The van der Waals surface area contributed by atoms with E-state index >= 15 is 0 Å². The molecule has 0 unspecified atom stereocenters. The van der Waals surface area contributed by atoms with E-state index in [0.717, 1.165) is 0 Å². The molecule has 4 rings (SSSR count). The van der Waals surface area contributed by atoms with Crippen LogP contribution in [0.2, 0.25) is 10.0 Å². The van der Waals surface area contributed by atoms with E-state index in [1.165, 1.54) is 0 Å². The zero-order valence-electron chi connectivity index (χ0n) is 14.6. The molecule has 0 aliphatic carbocycles. The lowest BCUT2D eigenvalue weighted by atomic mass is 10.2. The molecule has 0 radical (unpaired) electrons. The highest BCUT2D eigenvalue weighted by atomic mass is 35.5. The van der Waals surface area contributed by atoms with Crippen LogP contribution in [0.15, 0.2) is 65.2 Å². The minimum atomic E-state index is -0.371. The summed E-state index contributed by atoms with van der Waals surface area (Å²) in [5, 5.41) is 6.61. The van der Waals surface area contributed by atoms with E-state index in [4.69, 9.17) is 39.8 Å². The number of thiocarbonyl (C=S) groups is 1. The zero-order valence-corrected chi connectivity index (χ0v) is 17.0. The molecule has 0 aliphatic rings.